The normalized spacial score (nSPS) is 17.8. The predicted molar refractivity (Wildman–Crippen MR) is 139 cm³/mol. The van der Waals surface area contributed by atoms with E-state index in [1.165, 1.54) is 48.6 Å². The number of imidazole rings is 1. The van der Waals surface area contributed by atoms with Crippen molar-refractivity contribution in [3.05, 3.63) is 66.1 Å². The highest BCUT2D eigenvalue weighted by atomic mass is 19.4. The van der Waals surface area contributed by atoms with E-state index in [0.29, 0.717) is 23.5 Å². The molecule has 0 radical (unpaired) electrons. The fourth-order valence-corrected chi connectivity index (χ4v) is 4.91. The van der Waals surface area contributed by atoms with Gasteiger partial charge in [-0.15, -0.1) is 13.2 Å². The van der Waals surface area contributed by atoms with Gasteiger partial charge in [-0.2, -0.15) is 0 Å². The lowest BCUT2D eigenvalue weighted by atomic mass is 9.80. The van der Waals surface area contributed by atoms with Crippen LogP contribution in [0.25, 0.3) is 0 Å². The van der Waals surface area contributed by atoms with Gasteiger partial charge in [-0.05, 0) is 54.2 Å². The van der Waals surface area contributed by atoms with Crippen LogP contribution in [0.3, 0.4) is 0 Å². The second-order valence-electron chi connectivity index (χ2n) is 9.61. The van der Waals surface area contributed by atoms with Gasteiger partial charge >= 0.3 is 6.36 Å². The van der Waals surface area contributed by atoms with Crippen LogP contribution in [0.2, 0.25) is 0 Å². The number of nitrogen functional groups attached to an aromatic ring is 1. The minimum atomic E-state index is -4.82. The summed E-state index contributed by atoms with van der Waals surface area (Å²) in [6, 6.07) is 7.49. The molecule has 0 saturated carbocycles. The number of anilines is 2. The Bertz CT molecular complexity index is 1390. The van der Waals surface area contributed by atoms with E-state index in [1.54, 1.807) is 29.9 Å². The fourth-order valence-electron chi connectivity index (χ4n) is 4.91. The number of carbonyl (C=O) groups is 3. The first-order chi connectivity index (χ1) is 18.9. The Morgan fingerprint density at radius 1 is 1.15 bits per heavy atom. The smallest absolute Gasteiger partial charge is 0.406 e. The number of imide groups is 1. The van der Waals surface area contributed by atoms with Crippen molar-refractivity contribution in [2.75, 3.05) is 17.7 Å². The first kappa shape index (κ1) is 28.6. The highest BCUT2D eigenvalue weighted by molar-refractivity contribution is 6.12. The van der Waals surface area contributed by atoms with E-state index >= 15 is 0 Å². The summed E-state index contributed by atoms with van der Waals surface area (Å²) in [4.78, 5) is 50.9. The largest absolute Gasteiger partial charge is 0.573 e. The number of rotatable bonds is 9. The van der Waals surface area contributed by atoms with Gasteiger partial charge in [0.1, 0.15) is 17.6 Å². The van der Waals surface area contributed by atoms with Crippen molar-refractivity contribution in [2.24, 2.45) is 13.0 Å². The molecule has 1 saturated heterocycles. The summed E-state index contributed by atoms with van der Waals surface area (Å²) in [5, 5.41) is 0. The predicted octanol–water partition coefficient (Wildman–Crippen LogP) is 3.44. The number of benzene rings is 1. The molecule has 2 N–H and O–H groups in total. The monoisotopic (exact) mass is 558 g/mol. The third kappa shape index (κ3) is 6.08. The average Bonchev–Trinajstić information content (AvgIpc) is 3.33. The zero-order chi connectivity index (χ0) is 29.2. The molecular formula is C27H29F3N6O4. The molecule has 3 atom stereocenters. The zero-order valence-electron chi connectivity index (χ0n) is 22.1. The van der Waals surface area contributed by atoms with Crippen LogP contribution in [0.5, 0.6) is 5.75 Å². The van der Waals surface area contributed by atoms with E-state index < -0.39 is 42.0 Å². The van der Waals surface area contributed by atoms with Gasteiger partial charge in [0.05, 0.1) is 5.92 Å². The van der Waals surface area contributed by atoms with E-state index in [0.717, 1.165) is 4.90 Å². The Balaban J connectivity index is 1.56. The molecular weight excluding hydrogens is 529 g/mol. The molecule has 1 aliphatic rings. The molecule has 0 spiro atoms. The van der Waals surface area contributed by atoms with E-state index in [1.807, 2.05) is 6.92 Å². The Kier molecular flexibility index (Phi) is 8.12. The van der Waals surface area contributed by atoms with Crippen molar-refractivity contribution in [3.63, 3.8) is 0 Å². The highest BCUT2D eigenvalue weighted by Gasteiger charge is 2.55. The second-order valence-corrected chi connectivity index (χ2v) is 9.61. The summed E-state index contributed by atoms with van der Waals surface area (Å²) in [6.45, 7) is 1.82. The maximum atomic E-state index is 13.7. The fraction of sp³-hybridized carbons (Fsp3) is 0.370. The molecule has 1 aliphatic heterocycles. The lowest BCUT2D eigenvalue weighted by Gasteiger charge is -2.46. The van der Waals surface area contributed by atoms with E-state index in [9.17, 15) is 27.6 Å². The van der Waals surface area contributed by atoms with Crippen LogP contribution < -0.4 is 15.4 Å². The maximum absolute atomic E-state index is 13.7. The molecule has 1 aromatic carbocycles. The molecule has 0 aliphatic carbocycles. The number of hydrogen-bond acceptors (Lipinski definition) is 7. The maximum Gasteiger partial charge on any atom is 0.573 e. The van der Waals surface area contributed by atoms with Crippen molar-refractivity contribution in [3.8, 4) is 5.75 Å². The van der Waals surface area contributed by atoms with E-state index in [4.69, 9.17) is 5.73 Å². The minimum absolute atomic E-state index is 0.119. The number of nitrogens with zero attached hydrogens (tertiary/aromatic N) is 5. The Morgan fingerprint density at radius 2 is 1.85 bits per heavy atom. The molecule has 3 amide bonds. The first-order valence-electron chi connectivity index (χ1n) is 12.6. The summed E-state index contributed by atoms with van der Waals surface area (Å²) in [7, 11) is 3.24. The lowest BCUT2D eigenvalue weighted by molar-refractivity contribution is -0.274. The number of alkyl halides is 3. The van der Waals surface area contributed by atoms with Gasteiger partial charge in [0, 0.05) is 39.1 Å². The molecule has 3 aromatic rings. The van der Waals surface area contributed by atoms with Crippen LogP contribution in [0.4, 0.5) is 24.9 Å². The van der Waals surface area contributed by atoms with Crippen LogP contribution >= 0.6 is 0 Å². The number of aryl methyl sites for hydroxylation is 1. The molecule has 1 fully saturated rings. The Labute approximate surface area is 228 Å². The number of likely N-dealkylation sites (N-methyl/N-ethyl adjacent to an activating group) is 1. The van der Waals surface area contributed by atoms with Crippen LogP contribution in [0.15, 0.2) is 55.0 Å². The first-order valence-corrected chi connectivity index (χ1v) is 12.6. The quantitative estimate of drug-likeness (QED) is 0.399. The lowest BCUT2D eigenvalue weighted by Crippen LogP contribution is -2.69. The van der Waals surface area contributed by atoms with Crippen LogP contribution in [0.1, 0.15) is 36.8 Å². The summed E-state index contributed by atoms with van der Waals surface area (Å²) < 4.78 is 43.1. The Morgan fingerprint density at radius 3 is 2.42 bits per heavy atom. The summed E-state index contributed by atoms with van der Waals surface area (Å²) in [5.41, 5.74) is 7.09. The standard InChI is InChI=1S/C27H29F3N6O4/c1-4-17(18-5-7-19(8-6-18)40-27(28,29)30)15-22(37)36-23(25(39)35(3)26-33-11-12-34(26)2)20(24(36)38)13-16-9-10-32-21(31)14-16/h5-12,14,17,20,23H,4,13,15H2,1-3H3,(H2,31,32)/t17-,20+,23-/m0/s1. The SMILES string of the molecule is CC[C@@H](CC(=O)N1C(=O)[C@H](Cc2ccnc(N)c2)[C@H]1C(=O)N(C)c1nccn1C)c1ccc(OC(F)(F)F)cc1. The summed E-state index contributed by atoms with van der Waals surface area (Å²) >= 11 is 0. The van der Waals surface area contributed by atoms with Crippen molar-refractivity contribution >= 4 is 29.5 Å². The van der Waals surface area contributed by atoms with Crippen LogP contribution in [0, 0.1) is 5.92 Å². The van der Waals surface area contributed by atoms with Crippen molar-refractivity contribution < 1.29 is 32.3 Å². The number of carbonyl (C=O) groups excluding carboxylic acids is 3. The van der Waals surface area contributed by atoms with Gasteiger partial charge < -0.3 is 15.0 Å². The van der Waals surface area contributed by atoms with E-state index in [2.05, 4.69) is 14.7 Å². The number of β-lactam (4-membered cyclic amide) rings is 1. The van der Waals surface area contributed by atoms with Gasteiger partial charge in [-0.1, -0.05) is 19.1 Å². The zero-order valence-corrected chi connectivity index (χ0v) is 22.1. The topological polar surface area (TPSA) is 124 Å². The summed E-state index contributed by atoms with van der Waals surface area (Å²) in [6.07, 6.45) is 0.416. The van der Waals surface area contributed by atoms with Gasteiger partial charge in [0.2, 0.25) is 17.8 Å². The molecule has 4 rings (SSSR count). The third-order valence-electron chi connectivity index (χ3n) is 6.96. The number of ether oxygens (including phenoxy) is 1. The number of pyridine rings is 1. The minimum Gasteiger partial charge on any atom is -0.406 e. The highest BCUT2D eigenvalue weighted by Crippen LogP contribution is 2.35. The Hall–Kier alpha value is -4.42. The molecule has 40 heavy (non-hydrogen) atoms. The van der Waals surface area contributed by atoms with Gasteiger partial charge in [0.25, 0.3) is 5.91 Å². The third-order valence-corrected chi connectivity index (χ3v) is 6.96. The van der Waals surface area contributed by atoms with Crippen LogP contribution in [-0.2, 0) is 27.9 Å². The summed E-state index contributed by atoms with van der Waals surface area (Å²) in [5.74, 6) is -2.49. The van der Waals surface area contributed by atoms with Crippen molar-refractivity contribution in [2.45, 2.75) is 44.5 Å². The molecule has 0 bridgehead atoms. The second kappa shape index (κ2) is 11.4. The van der Waals surface area contributed by atoms with Crippen molar-refractivity contribution in [1.29, 1.82) is 0 Å². The van der Waals surface area contributed by atoms with Gasteiger partial charge in [-0.25, -0.2) is 9.97 Å². The molecule has 0 unspecified atom stereocenters. The number of likely N-dealkylation sites (tertiary alicyclic amines) is 1. The molecule has 10 nitrogen and oxygen atoms in total. The molecule has 2 aromatic heterocycles. The number of amides is 3. The number of halogens is 3. The van der Waals surface area contributed by atoms with Gasteiger partial charge in [-0.3, -0.25) is 24.2 Å². The average molecular weight is 559 g/mol. The van der Waals surface area contributed by atoms with E-state index in [-0.39, 0.29) is 24.4 Å². The van der Waals surface area contributed by atoms with Crippen LogP contribution in [-0.4, -0.2) is 56.6 Å². The number of aromatic nitrogens is 3. The number of hydrogen-bond donors (Lipinski definition) is 1. The molecule has 3 heterocycles. The number of nitrogens with two attached hydrogens (primary N) is 1. The van der Waals surface area contributed by atoms with Crippen molar-refractivity contribution in [1.82, 2.24) is 19.4 Å². The molecule has 212 valence electrons. The van der Waals surface area contributed by atoms with Gasteiger partial charge in [0.15, 0.2) is 0 Å². The molecule has 13 heteroatoms.